The van der Waals surface area contributed by atoms with Crippen LogP contribution in [0.5, 0.6) is 0 Å². The fourth-order valence-electron chi connectivity index (χ4n) is 2.03. The number of rotatable bonds is 2. The second kappa shape index (κ2) is 4.28. The second-order valence-electron chi connectivity index (χ2n) is 4.27. The van der Waals surface area contributed by atoms with Crippen molar-refractivity contribution in [2.75, 3.05) is 0 Å². The molecule has 1 aromatic rings. The first-order valence-electron chi connectivity index (χ1n) is 5.21. The predicted octanol–water partition coefficient (Wildman–Crippen LogP) is 3.21. The molecule has 0 fully saturated rings. The van der Waals surface area contributed by atoms with Crippen LogP contribution in [0.1, 0.15) is 21.7 Å². The first-order chi connectivity index (χ1) is 6.68. The molecule has 2 heteroatoms. The maximum atomic E-state index is 2.51. The molecule has 0 N–H and O–H groups in total. The van der Waals surface area contributed by atoms with E-state index < -0.39 is 0 Å². The molecule has 0 saturated heterocycles. The van der Waals surface area contributed by atoms with Gasteiger partial charge in [0.2, 0.25) is 0 Å². The van der Waals surface area contributed by atoms with Crippen molar-refractivity contribution in [1.29, 1.82) is 0 Å². The zero-order chi connectivity index (χ0) is 10.1. The standard InChI is InChI=1S/C10H9.C2H7Si.Zr/c1-8-6-9-4-2-3-5-10(9)7-8;1-3-2;/h2-7H,1H3;3H,1-2H3;. The molecule has 0 bridgehead atoms. The van der Waals surface area contributed by atoms with Gasteiger partial charge in [-0.3, -0.25) is 0 Å². The molecule has 0 radical (unpaired) electrons. The quantitative estimate of drug-likeness (QED) is 0.729. The Labute approximate surface area is 98.6 Å². The summed E-state index contributed by atoms with van der Waals surface area (Å²) in [5, 5.41) is 0. The van der Waals surface area contributed by atoms with Crippen molar-refractivity contribution in [3.63, 3.8) is 0 Å². The van der Waals surface area contributed by atoms with Crippen LogP contribution in [0, 0.1) is 0 Å². The van der Waals surface area contributed by atoms with Crippen LogP contribution in [-0.4, -0.2) is 5.92 Å². The van der Waals surface area contributed by atoms with Gasteiger partial charge in [-0.05, 0) is 0 Å². The van der Waals surface area contributed by atoms with Gasteiger partial charge < -0.3 is 0 Å². The fourth-order valence-corrected chi connectivity index (χ4v) is 12.2. The molecule has 14 heavy (non-hydrogen) atoms. The van der Waals surface area contributed by atoms with Crippen LogP contribution in [0.4, 0.5) is 0 Å². The van der Waals surface area contributed by atoms with Gasteiger partial charge in [-0.1, -0.05) is 0 Å². The Kier molecular flexibility index (Phi) is 3.23. The minimum absolute atomic E-state index is 0.149. The first kappa shape index (κ1) is 10.6. The second-order valence-corrected chi connectivity index (χ2v) is 19.3. The van der Waals surface area contributed by atoms with Gasteiger partial charge >= 0.3 is 99.0 Å². The van der Waals surface area contributed by atoms with Gasteiger partial charge in [0.1, 0.15) is 0 Å². The van der Waals surface area contributed by atoms with Crippen LogP contribution in [0.15, 0.2) is 29.8 Å². The molecule has 2 rings (SSSR count). The summed E-state index contributed by atoms with van der Waals surface area (Å²) in [5.74, 6) is -0.292. The van der Waals surface area contributed by atoms with E-state index in [1.165, 1.54) is 5.56 Å². The van der Waals surface area contributed by atoms with E-state index in [4.69, 9.17) is 0 Å². The molecule has 0 spiro atoms. The van der Waals surface area contributed by atoms with Crippen molar-refractivity contribution in [3.8, 4) is 0 Å². The molecule has 1 aliphatic rings. The summed E-state index contributed by atoms with van der Waals surface area (Å²) in [5.41, 5.74) is 4.77. The van der Waals surface area contributed by atoms with Gasteiger partial charge in [-0.15, -0.1) is 0 Å². The average molecular weight is 280 g/mol. The van der Waals surface area contributed by atoms with Crippen LogP contribution in [0.25, 0.3) is 6.08 Å². The zero-order valence-corrected chi connectivity index (χ0v) is 12.7. The van der Waals surface area contributed by atoms with Crippen molar-refractivity contribution < 1.29 is 22.4 Å². The Morgan fingerprint density at radius 1 is 1.21 bits per heavy atom. The third-order valence-electron chi connectivity index (χ3n) is 2.65. The van der Waals surface area contributed by atoms with Crippen LogP contribution in [0.3, 0.4) is 0 Å². The monoisotopic (exact) mass is 278 g/mol. The molecular weight excluding hydrogens is 263 g/mol. The summed E-state index contributed by atoms with van der Waals surface area (Å²) >= 11 is -0.149. The van der Waals surface area contributed by atoms with E-state index >= 15 is 0 Å². The number of hydrogen-bond acceptors (Lipinski definition) is 0. The van der Waals surface area contributed by atoms with Crippen molar-refractivity contribution in [2.45, 2.75) is 23.6 Å². The van der Waals surface area contributed by atoms with Gasteiger partial charge in [0.25, 0.3) is 0 Å². The molecule has 0 heterocycles. The Hall–Kier alpha value is 0.0600. The molecule has 0 saturated carbocycles. The summed E-state index contributed by atoms with van der Waals surface area (Å²) in [6.45, 7) is 7.35. The Morgan fingerprint density at radius 3 is 2.64 bits per heavy atom. The predicted molar refractivity (Wildman–Crippen MR) is 61.7 cm³/mol. The van der Waals surface area contributed by atoms with E-state index in [2.05, 4.69) is 50.4 Å². The van der Waals surface area contributed by atoms with Gasteiger partial charge in [0, 0.05) is 0 Å². The fraction of sp³-hybridized carbons (Fsp3) is 0.333. The molecule has 1 unspecified atom stereocenters. The molecule has 0 aliphatic heterocycles. The van der Waals surface area contributed by atoms with Crippen molar-refractivity contribution in [3.05, 3.63) is 41.0 Å². The summed E-state index contributed by atoms with van der Waals surface area (Å²) in [6, 6.07) is 8.95. The van der Waals surface area contributed by atoms with Gasteiger partial charge in [0.15, 0.2) is 0 Å². The third-order valence-corrected chi connectivity index (χ3v) is 12.9. The Bertz CT molecular complexity index is 368. The van der Waals surface area contributed by atoms with Gasteiger partial charge in [0.05, 0.1) is 0 Å². The number of hydrogen-bond donors (Lipinski definition) is 0. The third kappa shape index (κ3) is 2.01. The Balaban J connectivity index is 2.32. The maximum absolute atomic E-state index is 2.51. The number of allylic oxidation sites excluding steroid dienone is 1. The molecule has 0 aromatic heterocycles. The van der Waals surface area contributed by atoms with Crippen molar-refractivity contribution in [1.82, 2.24) is 0 Å². The first-order valence-corrected chi connectivity index (χ1v) is 13.8. The molecule has 1 aliphatic carbocycles. The summed E-state index contributed by atoms with van der Waals surface area (Å²) in [4.78, 5) is 0. The average Bonchev–Trinajstić information content (AvgIpc) is 2.43. The van der Waals surface area contributed by atoms with E-state index in [1.807, 2.05) is 0 Å². The topological polar surface area (TPSA) is 0 Å². The summed E-state index contributed by atoms with van der Waals surface area (Å²) < 4.78 is 0.904. The molecule has 0 nitrogen and oxygen atoms in total. The van der Waals surface area contributed by atoms with Gasteiger partial charge in [-0.25, -0.2) is 0 Å². The zero-order valence-electron chi connectivity index (χ0n) is 9.04. The SMILES string of the molecule is CC1=Cc2ccccc2[CH]1[Zr][SiH](C)C. The molecule has 1 aromatic carbocycles. The van der Waals surface area contributed by atoms with Crippen molar-refractivity contribution >= 4 is 12.0 Å². The number of benzene rings is 1. The van der Waals surface area contributed by atoms with Crippen molar-refractivity contribution in [2.24, 2.45) is 0 Å². The van der Waals surface area contributed by atoms with E-state index in [1.54, 1.807) is 11.1 Å². The van der Waals surface area contributed by atoms with E-state index in [0.29, 0.717) is 0 Å². The van der Waals surface area contributed by atoms with Crippen LogP contribution >= 0.6 is 0 Å². The van der Waals surface area contributed by atoms with Crippen LogP contribution < -0.4 is 0 Å². The van der Waals surface area contributed by atoms with E-state index in [0.717, 1.165) is 3.63 Å². The molecule has 1 atom stereocenters. The molecular formula is C12H16SiZr. The van der Waals surface area contributed by atoms with Crippen LogP contribution in [-0.2, 0) is 22.4 Å². The molecule has 72 valence electrons. The van der Waals surface area contributed by atoms with Crippen LogP contribution in [0.2, 0.25) is 13.1 Å². The van der Waals surface area contributed by atoms with Gasteiger partial charge in [-0.2, -0.15) is 0 Å². The Morgan fingerprint density at radius 2 is 1.93 bits per heavy atom. The normalized spacial score (nSPS) is 19.4. The number of fused-ring (bicyclic) bond motifs is 1. The summed E-state index contributed by atoms with van der Waals surface area (Å²) in [7, 11) is 0. The van der Waals surface area contributed by atoms with E-state index in [-0.39, 0.29) is 28.3 Å². The molecule has 0 amide bonds. The minimum atomic E-state index is -0.292. The summed E-state index contributed by atoms with van der Waals surface area (Å²) in [6.07, 6.45) is 2.40. The van der Waals surface area contributed by atoms with E-state index in [9.17, 15) is 0 Å².